The summed E-state index contributed by atoms with van der Waals surface area (Å²) in [6, 6.07) is 7.07. The molecule has 1 aliphatic heterocycles. The molecule has 110 valence electrons. The molecular weight excluding hydrogens is 268 g/mol. The van der Waals surface area contributed by atoms with Gasteiger partial charge in [0.05, 0.1) is 18.2 Å². The zero-order chi connectivity index (χ0) is 14.8. The van der Waals surface area contributed by atoms with Crippen LogP contribution < -0.4 is 10.1 Å². The minimum Gasteiger partial charge on any atom is -0.497 e. The lowest BCUT2D eigenvalue weighted by Gasteiger charge is -2.23. The van der Waals surface area contributed by atoms with Crippen molar-refractivity contribution in [3.8, 4) is 5.75 Å². The molecule has 1 aromatic carbocycles. The Morgan fingerprint density at radius 1 is 1.43 bits per heavy atom. The Morgan fingerprint density at radius 2 is 2.29 bits per heavy atom. The van der Waals surface area contributed by atoms with Crippen molar-refractivity contribution in [2.75, 3.05) is 20.2 Å². The number of piperidine rings is 1. The van der Waals surface area contributed by atoms with Crippen LogP contribution in [0.25, 0.3) is 10.9 Å². The molecule has 2 N–H and O–H groups in total. The van der Waals surface area contributed by atoms with E-state index >= 15 is 0 Å². The van der Waals surface area contributed by atoms with E-state index in [4.69, 9.17) is 4.74 Å². The highest BCUT2D eigenvalue weighted by Gasteiger charge is 2.20. The zero-order valence-electron chi connectivity index (χ0n) is 11.9. The number of carbonyl (C=O) groups is 1. The van der Waals surface area contributed by atoms with Crippen molar-refractivity contribution in [2.45, 2.75) is 18.8 Å². The SMILES string of the molecule is COc1ccc2nc(C3CCCNC3)cc(C(=O)O)c2c1. The second-order valence-electron chi connectivity index (χ2n) is 5.33. The molecular formula is C16H18N2O3. The molecule has 0 amide bonds. The fourth-order valence-corrected chi connectivity index (χ4v) is 2.84. The van der Waals surface area contributed by atoms with Crippen molar-refractivity contribution in [2.24, 2.45) is 0 Å². The molecule has 0 bridgehead atoms. The number of rotatable bonds is 3. The van der Waals surface area contributed by atoms with Crippen molar-refractivity contribution in [1.29, 1.82) is 0 Å². The zero-order valence-corrected chi connectivity index (χ0v) is 11.9. The van der Waals surface area contributed by atoms with E-state index in [1.807, 2.05) is 12.1 Å². The van der Waals surface area contributed by atoms with E-state index in [9.17, 15) is 9.90 Å². The van der Waals surface area contributed by atoms with Gasteiger partial charge in [-0.15, -0.1) is 0 Å². The topological polar surface area (TPSA) is 71.5 Å². The summed E-state index contributed by atoms with van der Waals surface area (Å²) in [7, 11) is 1.57. The molecule has 1 unspecified atom stereocenters. The lowest BCUT2D eigenvalue weighted by Crippen LogP contribution is -2.29. The molecule has 0 radical (unpaired) electrons. The van der Waals surface area contributed by atoms with E-state index in [0.29, 0.717) is 22.2 Å². The highest BCUT2D eigenvalue weighted by molar-refractivity contribution is 6.03. The Bertz CT molecular complexity index is 679. The van der Waals surface area contributed by atoms with Crippen LogP contribution in [0, 0.1) is 0 Å². The maximum absolute atomic E-state index is 11.6. The van der Waals surface area contributed by atoms with E-state index in [0.717, 1.165) is 31.6 Å². The van der Waals surface area contributed by atoms with Crippen molar-refractivity contribution in [3.63, 3.8) is 0 Å². The van der Waals surface area contributed by atoms with Crippen molar-refractivity contribution in [3.05, 3.63) is 35.5 Å². The molecule has 1 aromatic heterocycles. The third-order valence-electron chi connectivity index (χ3n) is 3.98. The molecule has 1 aliphatic rings. The summed E-state index contributed by atoms with van der Waals surface area (Å²) in [4.78, 5) is 16.2. The predicted molar refractivity (Wildman–Crippen MR) is 80.1 cm³/mol. The van der Waals surface area contributed by atoms with Crippen LogP contribution in [0.2, 0.25) is 0 Å². The standard InChI is InChI=1S/C16H18N2O3/c1-21-11-4-5-14-12(7-11)13(16(19)20)8-15(18-14)10-3-2-6-17-9-10/h4-5,7-8,10,17H,2-3,6,9H2,1H3,(H,19,20). The Hall–Kier alpha value is -2.14. The smallest absolute Gasteiger partial charge is 0.336 e. The quantitative estimate of drug-likeness (QED) is 0.906. The number of hydrogen-bond acceptors (Lipinski definition) is 4. The Labute approximate surface area is 123 Å². The number of carboxylic acid groups (broad SMARTS) is 1. The Kier molecular flexibility index (Phi) is 3.75. The van der Waals surface area contributed by atoms with Gasteiger partial charge in [-0.1, -0.05) is 0 Å². The van der Waals surface area contributed by atoms with Crippen LogP contribution in [-0.2, 0) is 0 Å². The number of nitrogens with one attached hydrogen (secondary N) is 1. The summed E-state index contributed by atoms with van der Waals surface area (Å²) in [6.45, 7) is 1.88. The van der Waals surface area contributed by atoms with Crippen molar-refractivity contribution < 1.29 is 14.6 Å². The van der Waals surface area contributed by atoms with Crippen molar-refractivity contribution in [1.82, 2.24) is 10.3 Å². The molecule has 3 rings (SSSR count). The van der Waals surface area contributed by atoms with E-state index in [-0.39, 0.29) is 5.92 Å². The van der Waals surface area contributed by atoms with Gasteiger partial charge in [-0.25, -0.2) is 4.79 Å². The first kappa shape index (κ1) is 13.8. The number of aromatic nitrogens is 1. The van der Waals surface area contributed by atoms with Crippen LogP contribution in [0.15, 0.2) is 24.3 Å². The van der Waals surface area contributed by atoms with Gasteiger partial charge in [-0.3, -0.25) is 4.98 Å². The second-order valence-corrected chi connectivity index (χ2v) is 5.33. The predicted octanol–water partition coefficient (Wildman–Crippen LogP) is 2.41. The first-order valence-corrected chi connectivity index (χ1v) is 7.11. The van der Waals surface area contributed by atoms with Crippen LogP contribution >= 0.6 is 0 Å². The summed E-state index contributed by atoms with van der Waals surface area (Å²) in [5, 5.41) is 13.4. The summed E-state index contributed by atoms with van der Waals surface area (Å²) >= 11 is 0. The average Bonchev–Trinajstić information content (AvgIpc) is 2.54. The molecule has 5 nitrogen and oxygen atoms in total. The number of hydrogen-bond donors (Lipinski definition) is 2. The van der Waals surface area contributed by atoms with Gasteiger partial charge in [0.25, 0.3) is 0 Å². The number of fused-ring (bicyclic) bond motifs is 1. The molecule has 5 heteroatoms. The van der Waals surface area contributed by atoms with Crippen LogP contribution in [0.4, 0.5) is 0 Å². The number of pyridine rings is 1. The van der Waals surface area contributed by atoms with E-state index < -0.39 is 5.97 Å². The third kappa shape index (κ3) is 2.69. The van der Waals surface area contributed by atoms with Gasteiger partial charge in [0.1, 0.15) is 5.75 Å². The number of carboxylic acids is 1. The highest BCUT2D eigenvalue weighted by Crippen LogP contribution is 2.28. The molecule has 21 heavy (non-hydrogen) atoms. The van der Waals surface area contributed by atoms with Gasteiger partial charge in [-0.05, 0) is 43.7 Å². The van der Waals surface area contributed by atoms with Gasteiger partial charge in [0, 0.05) is 23.5 Å². The maximum Gasteiger partial charge on any atom is 0.336 e. The third-order valence-corrected chi connectivity index (χ3v) is 3.98. The Balaban J connectivity index is 2.13. The molecule has 1 saturated heterocycles. The number of methoxy groups -OCH3 is 1. The second kappa shape index (κ2) is 5.69. The van der Waals surface area contributed by atoms with Crippen LogP contribution in [0.1, 0.15) is 34.8 Å². The molecule has 0 spiro atoms. The van der Waals surface area contributed by atoms with Gasteiger partial charge in [0.15, 0.2) is 0 Å². The fraction of sp³-hybridized carbons (Fsp3) is 0.375. The lowest BCUT2D eigenvalue weighted by atomic mass is 9.93. The van der Waals surface area contributed by atoms with Crippen molar-refractivity contribution >= 4 is 16.9 Å². The minimum absolute atomic E-state index is 0.281. The minimum atomic E-state index is -0.930. The largest absolute Gasteiger partial charge is 0.497 e. The number of ether oxygens (including phenoxy) is 1. The van der Waals surface area contributed by atoms with E-state index in [2.05, 4.69) is 10.3 Å². The van der Waals surface area contributed by atoms with Crippen LogP contribution in [-0.4, -0.2) is 36.3 Å². The van der Waals surface area contributed by atoms with E-state index in [1.54, 1.807) is 19.2 Å². The molecule has 2 aromatic rings. The molecule has 0 aliphatic carbocycles. The average molecular weight is 286 g/mol. The van der Waals surface area contributed by atoms with Gasteiger partial charge in [-0.2, -0.15) is 0 Å². The molecule has 1 fully saturated rings. The number of nitrogens with zero attached hydrogens (tertiary/aromatic N) is 1. The van der Waals surface area contributed by atoms with Gasteiger partial charge in [0.2, 0.25) is 0 Å². The lowest BCUT2D eigenvalue weighted by molar-refractivity contribution is 0.0699. The summed E-state index contributed by atoms with van der Waals surface area (Å²) in [5.41, 5.74) is 1.85. The number of benzene rings is 1. The van der Waals surface area contributed by atoms with E-state index in [1.165, 1.54) is 0 Å². The first-order chi connectivity index (χ1) is 10.2. The van der Waals surface area contributed by atoms with Gasteiger partial charge >= 0.3 is 5.97 Å². The molecule has 0 saturated carbocycles. The molecule has 1 atom stereocenters. The fourth-order valence-electron chi connectivity index (χ4n) is 2.84. The monoisotopic (exact) mass is 286 g/mol. The maximum atomic E-state index is 11.6. The highest BCUT2D eigenvalue weighted by atomic mass is 16.5. The number of aromatic carboxylic acids is 1. The van der Waals surface area contributed by atoms with Gasteiger partial charge < -0.3 is 15.2 Å². The first-order valence-electron chi connectivity index (χ1n) is 7.11. The summed E-state index contributed by atoms with van der Waals surface area (Å²) in [6.07, 6.45) is 2.14. The summed E-state index contributed by atoms with van der Waals surface area (Å²) in [5.74, 6) is -0.0112. The normalized spacial score (nSPS) is 18.6. The van der Waals surface area contributed by atoms with Crippen LogP contribution in [0.5, 0.6) is 5.75 Å². The summed E-state index contributed by atoms with van der Waals surface area (Å²) < 4.78 is 5.17. The molecule has 2 heterocycles. The van der Waals surface area contributed by atoms with Crippen LogP contribution in [0.3, 0.4) is 0 Å². The Morgan fingerprint density at radius 3 is 2.95 bits per heavy atom.